The quantitative estimate of drug-likeness (QED) is 0.260. The molecule has 4 aromatic carbocycles. The van der Waals surface area contributed by atoms with Crippen LogP contribution in [-0.4, -0.2) is 25.0 Å². The standard InChI is InChI=1S/C33H31NO3/c35-20-26-18-25(26)19-27(16-14-22-13-15-23-7-1-2-8-24(23)17-22)34-33(36)37-21-32-30-11-5-3-9-28(30)29-10-4-6-12-31(29)32/h1-13,15,17,20,25-27,32H,14,16,18-19,21H2,(H,34,36)/t25-,26+,27+/m0/s1. The molecule has 4 nitrogen and oxygen atoms in total. The van der Waals surface area contributed by atoms with E-state index in [2.05, 4.69) is 84.2 Å². The third-order valence-electron chi connectivity index (χ3n) is 8.00. The van der Waals surface area contributed by atoms with Crippen LogP contribution < -0.4 is 5.32 Å². The van der Waals surface area contributed by atoms with Gasteiger partial charge in [-0.2, -0.15) is 0 Å². The smallest absolute Gasteiger partial charge is 0.407 e. The molecule has 0 unspecified atom stereocenters. The van der Waals surface area contributed by atoms with E-state index in [0.717, 1.165) is 32.0 Å². The predicted octanol–water partition coefficient (Wildman–Crippen LogP) is 6.90. The molecule has 2 aliphatic rings. The summed E-state index contributed by atoms with van der Waals surface area (Å²) in [6.45, 7) is 0.303. The fourth-order valence-electron chi connectivity index (χ4n) is 5.87. The van der Waals surface area contributed by atoms with Crippen molar-refractivity contribution in [2.75, 3.05) is 6.61 Å². The first kappa shape index (κ1) is 23.5. The molecular formula is C33H31NO3. The van der Waals surface area contributed by atoms with Crippen LogP contribution in [0.2, 0.25) is 0 Å². The van der Waals surface area contributed by atoms with Gasteiger partial charge in [0.2, 0.25) is 0 Å². The molecule has 1 amide bonds. The summed E-state index contributed by atoms with van der Waals surface area (Å²) >= 11 is 0. The van der Waals surface area contributed by atoms with Crippen LogP contribution in [0.5, 0.6) is 0 Å². The highest BCUT2D eigenvalue weighted by atomic mass is 16.5. The number of amides is 1. The number of ether oxygens (including phenoxy) is 1. The maximum Gasteiger partial charge on any atom is 0.407 e. The Bertz CT molecular complexity index is 1400. The molecule has 4 aromatic rings. The first-order chi connectivity index (χ1) is 18.2. The van der Waals surface area contributed by atoms with Gasteiger partial charge in [-0.15, -0.1) is 0 Å². The summed E-state index contributed by atoms with van der Waals surface area (Å²) in [6.07, 6.45) is 4.07. The molecule has 4 heteroatoms. The van der Waals surface area contributed by atoms with Crippen LogP contribution in [0.15, 0.2) is 91.0 Å². The highest BCUT2D eigenvalue weighted by molar-refractivity contribution is 5.83. The molecule has 37 heavy (non-hydrogen) atoms. The second-order valence-electron chi connectivity index (χ2n) is 10.4. The molecule has 0 heterocycles. The lowest BCUT2D eigenvalue weighted by molar-refractivity contribution is -0.109. The zero-order valence-corrected chi connectivity index (χ0v) is 20.8. The number of aryl methyl sites for hydroxylation is 1. The summed E-state index contributed by atoms with van der Waals surface area (Å²) < 4.78 is 5.82. The largest absolute Gasteiger partial charge is 0.449 e. The van der Waals surface area contributed by atoms with Crippen LogP contribution in [0.25, 0.3) is 21.9 Å². The summed E-state index contributed by atoms with van der Waals surface area (Å²) in [7, 11) is 0. The van der Waals surface area contributed by atoms with Gasteiger partial charge in [0.15, 0.2) is 0 Å². The number of nitrogens with one attached hydrogen (secondary N) is 1. The van der Waals surface area contributed by atoms with Gasteiger partial charge in [-0.05, 0) is 70.2 Å². The van der Waals surface area contributed by atoms with Gasteiger partial charge in [0, 0.05) is 17.9 Å². The Hall–Kier alpha value is -3.92. The predicted molar refractivity (Wildman–Crippen MR) is 147 cm³/mol. The lowest BCUT2D eigenvalue weighted by Crippen LogP contribution is -2.36. The molecule has 0 saturated heterocycles. The summed E-state index contributed by atoms with van der Waals surface area (Å²) in [6, 6.07) is 31.6. The van der Waals surface area contributed by atoms with Crippen LogP contribution in [0.4, 0.5) is 4.79 Å². The van der Waals surface area contributed by atoms with Gasteiger partial charge in [-0.25, -0.2) is 4.79 Å². The normalized spacial score (nSPS) is 18.6. The fourth-order valence-corrected chi connectivity index (χ4v) is 5.87. The number of hydrogen-bond acceptors (Lipinski definition) is 3. The third kappa shape index (κ3) is 5.01. The van der Waals surface area contributed by atoms with E-state index < -0.39 is 0 Å². The molecule has 0 bridgehead atoms. The number of carbonyl (C=O) groups excluding carboxylic acids is 2. The summed E-state index contributed by atoms with van der Waals surface area (Å²) in [5.74, 6) is 0.526. The van der Waals surface area contributed by atoms with Gasteiger partial charge >= 0.3 is 6.09 Å². The number of aldehydes is 1. The number of hydrogen-bond donors (Lipinski definition) is 1. The van der Waals surface area contributed by atoms with Gasteiger partial charge in [-0.3, -0.25) is 0 Å². The molecule has 6 rings (SSSR count). The number of benzene rings is 4. The molecule has 1 fully saturated rings. The monoisotopic (exact) mass is 489 g/mol. The van der Waals surface area contributed by atoms with Crippen molar-refractivity contribution >= 4 is 23.2 Å². The van der Waals surface area contributed by atoms with E-state index in [0.29, 0.717) is 12.5 Å². The molecule has 0 spiro atoms. The SMILES string of the molecule is O=C[C@H]1C[C@H]1C[C@@H](CCc1ccc2ccccc2c1)NC(=O)OCC1c2ccccc2-c2ccccc21. The van der Waals surface area contributed by atoms with Crippen molar-refractivity contribution in [3.05, 3.63) is 108 Å². The zero-order valence-electron chi connectivity index (χ0n) is 20.8. The van der Waals surface area contributed by atoms with Crippen molar-refractivity contribution in [1.82, 2.24) is 5.32 Å². The Labute approximate surface area is 217 Å². The topological polar surface area (TPSA) is 55.4 Å². The van der Waals surface area contributed by atoms with Crippen molar-refractivity contribution in [3.8, 4) is 11.1 Å². The number of carbonyl (C=O) groups is 2. The highest BCUT2D eigenvalue weighted by Gasteiger charge is 2.38. The molecule has 0 aliphatic heterocycles. The molecule has 0 aromatic heterocycles. The molecule has 186 valence electrons. The van der Waals surface area contributed by atoms with Crippen molar-refractivity contribution in [2.24, 2.45) is 11.8 Å². The van der Waals surface area contributed by atoms with E-state index in [-0.39, 0.29) is 24.0 Å². The molecule has 2 aliphatic carbocycles. The fraction of sp³-hybridized carbons (Fsp3) is 0.273. The van der Waals surface area contributed by atoms with E-state index in [4.69, 9.17) is 4.74 Å². The highest BCUT2D eigenvalue weighted by Crippen LogP contribution is 2.44. The molecule has 0 radical (unpaired) electrons. The average molecular weight is 490 g/mol. The van der Waals surface area contributed by atoms with Crippen LogP contribution >= 0.6 is 0 Å². The Morgan fingerprint density at radius 2 is 1.57 bits per heavy atom. The molecule has 1 saturated carbocycles. The maximum atomic E-state index is 13.0. The van der Waals surface area contributed by atoms with Crippen molar-refractivity contribution < 1.29 is 14.3 Å². The summed E-state index contributed by atoms with van der Waals surface area (Å²) in [4.78, 5) is 24.2. The Balaban J connectivity index is 1.11. The van der Waals surface area contributed by atoms with Gasteiger partial charge < -0.3 is 14.8 Å². The Morgan fingerprint density at radius 1 is 0.892 bits per heavy atom. The first-order valence-corrected chi connectivity index (χ1v) is 13.2. The minimum atomic E-state index is -0.381. The van der Waals surface area contributed by atoms with Gasteiger partial charge in [0.1, 0.15) is 12.9 Å². The van der Waals surface area contributed by atoms with E-state index in [1.54, 1.807) is 0 Å². The summed E-state index contributed by atoms with van der Waals surface area (Å²) in [5.41, 5.74) is 6.09. The van der Waals surface area contributed by atoms with E-state index in [1.165, 1.54) is 38.6 Å². The van der Waals surface area contributed by atoms with E-state index >= 15 is 0 Å². The lowest BCUT2D eigenvalue weighted by atomic mass is 9.98. The van der Waals surface area contributed by atoms with Crippen LogP contribution in [0.1, 0.15) is 41.9 Å². The lowest BCUT2D eigenvalue weighted by Gasteiger charge is -2.20. The van der Waals surface area contributed by atoms with Gasteiger partial charge in [-0.1, -0.05) is 91.0 Å². The van der Waals surface area contributed by atoms with Crippen LogP contribution in [-0.2, 0) is 16.0 Å². The Kier molecular flexibility index (Phi) is 6.48. The molecule has 1 N–H and O–H groups in total. The maximum absolute atomic E-state index is 13.0. The van der Waals surface area contributed by atoms with Crippen molar-refractivity contribution in [3.63, 3.8) is 0 Å². The third-order valence-corrected chi connectivity index (χ3v) is 8.00. The second kappa shape index (κ2) is 10.2. The minimum absolute atomic E-state index is 0.0305. The Morgan fingerprint density at radius 3 is 2.27 bits per heavy atom. The van der Waals surface area contributed by atoms with Crippen LogP contribution in [0, 0.1) is 11.8 Å². The average Bonchev–Trinajstić information content (AvgIpc) is 3.62. The van der Waals surface area contributed by atoms with Crippen molar-refractivity contribution in [1.29, 1.82) is 0 Å². The van der Waals surface area contributed by atoms with Crippen molar-refractivity contribution in [2.45, 2.75) is 37.6 Å². The number of fused-ring (bicyclic) bond motifs is 4. The molecule has 3 atom stereocenters. The van der Waals surface area contributed by atoms with E-state index in [9.17, 15) is 9.59 Å². The molecular weight excluding hydrogens is 458 g/mol. The number of alkyl carbamates (subject to hydrolysis) is 1. The van der Waals surface area contributed by atoms with Crippen LogP contribution in [0.3, 0.4) is 0 Å². The van der Waals surface area contributed by atoms with Gasteiger partial charge in [0.05, 0.1) is 0 Å². The second-order valence-corrected chi connectivity index (χ2v) is 10.4. The minimum Gasteiger partial charge on any atom is -0.449 e. The first-order valence-electron chi connectivity index (χ1n) is 13.2. The number of rotatable bonds is 9. The van der Waals surface area contributed by atoms with Gasteiger partial charge in [0.25, 0.3) is 0 Å². The zero-order chi connectivity index (χ0) is 25.2. The van der Waals surface area contributed by atoms with E-state index in [1.807, 2.05) is 12.1 Å². The summed E-state index contributed by atoms with van der Waals surface area (Å²) in [5, 5.41) is 5.59.